The summed E-state index contributed by atoms with van der Waals surface area (Å²) in [7, 11) is -1.79. The van der Waals surface area contributed by atoms with Crippen LogP contribution in [0.3, 0.4) is 0 Å². The van der Waals surface area contributed by atoms with Gasteiger partial charge in [0.2, 0.25) is 21.8 Å². The Kier molecular flexibility index (Phi) is 5.86. The normalized spacial score (nSPS) is 18.2. The first-order valence-electron chi connectivity index (χ1n) is 9.51. The molecular formula is C19H27N3O4S. The summed E-state index contributed by atoms with van der Waals surface area (Å²) in [5, 5.41) is 2.71. The van der Waals surface area contributed by atoms with E-state index < -0.39 is 10.0 Å². The van der Waals surface area contributed by atoms with Crippen molar-refractivity contribution < 1.29 is 18.0 Å². The Morgan fingerprint density at radius 1 is 1.30 bits per heavy atom. The molecule has 1 aromatic rings. The van der Waals surface area contributed by atoms with E-state index in [-0.39, 0.29) is 29.0 Å². The molecule has 1 fully saturated rings. The molecule has 0 aliphatic carbocycles. The average molecular weight is 394 g/mol. The van der Waals surface area contributed by atoms with Gasteiger partial charge in [0, 0.05) is 38.3 Å². The summed E-state index contributed by atoms with van der Waals surface area (Å²) < 4.78 is 27.3. The Bertz CT molecular complexity index is 829. The summed E-state index contributed by atoms with van der Waals surface area (Å²) in [5.74, 6) is -0.117. The second-order valence-corrected chi connectivity index (χ2v) is 9.27. The first-order chi connectivity index (χ1) is 12.8. The van der Waals surface area contributed by atoms with Gasteiger partial charge in [-0.15, -0.1) is 0 Å². The highest BCUT2D eigenvalue weighted by Crippen LogP contribution is 2.29. The molecule has 148 valence electrons. The van der Waals surface area contributed by atoms with Crippen LogP contribution in [0, 0.1) is 5.92 Å². The Morgan fingerprint density at radius 2 is 2.00 bits per heavy atom. The molecule has 2 aliphatic heterocycles. The van der Waals surface area contributed by atoms with Gasteiger partial charge in [-0.25, -0.2) is 8.42 Å². The van der Waals surface area contributed by atoms with Gasteiger partial charge in [-0.05, 0) is 43.0 Å². The molecule has 27 heavy (non-hydrogen) atoms. The van der Waals surface area contributed by atoms with E-state index in [1.807, 2.05) is 7.05 Å². The summed E-state index contributed by atoms with van der Waals surface area (Å²) in [5.41, 5.74) is 1.39. The molecule has 3 rings (SSSR count). The zero-order valence-corrected chi connectivity index (χ0v) is 16.7. The van der Waals surface area contributed by atoms with Crippen molar-refractivity contribution in [3.8, 4) is 0 Å². The maximum Gasteiger partial charge on any atom is 0.243 e. The molecule has 1 N–H and O–H groups in total. The van der Waals surface area contributed by atoms with Crippen LogP contribution in [0.15, 0.2) is 23.1 Å². The van der Waals surface area contributed by atoms with Gasteiger partial charge < -0.3 is 10.2 Å². The van der Waals surface area contributed by atoms with Crippen LogP contribution in [0.5, 0.6) is 0 Å². The fourth-order valence-electron chi connectivity index (χ4n) is 3.68. The van der Waals surface area contributed by atoms with Crippen LogP contribution in [0.4, 0.5) is 5.69 Å². The number of nitrogens with one attached hydrogen (secondary N) is 1. The van der Waals surface area contributed by atoms with E-state index in [1.165, 1.54) is 10.4 Å². The van der Waals surface area contributed by atoms with Crippen molar-refractivity contribution in [2.75, 3.05) is 32.0 Å². The van der Waals surface area contributed by atoms with Gasteiger partial charge in [-0.2, -0.15) is 4.31 Å². The quantitative estimate of drug-likeness (QED) is 0.799. The fourth-order valence-corrected chi connectivity index (χ4v) is 5.20. The number of benzene rings is 1. The van der Waals surface area contributed by atoms with E-state index in [9.17, 15) is 18.0 Å². The van der Waals surface area contributed by atoms with Gasteiger partial charge in [0.1, 0.15) is 0 Å². The van der Waals surface area contributed by atoms with Crippen molar-refractivity contribution in [3.63, 3.8) is 0 Å². The Morgan fingerprint density at radius 3 is 2.67 bits per heavy atom. The Labute approximate surface area is 160 Å². The molecule has 0 spiro atoms. The van der Waals surface area contributed by atoms with E-state index in [0.717, 1.165) is 19.4 Å². The van der Waals surface area contributed by atoms with Crippen LogP contribution in [0.1, 0.15) is 38.2 Å². The van der Waals surface area contributed by atoms with Crippen LogP contribution in [-0.2, 0) is 26.0 Å². The van der Waals surface area contributed by atoms with Crippen LogP contribution < -0.4 is 5.32 Å². The van der Waals surface area contributed by atoms with Crippen molar-refractivity contribution in [1.82, 2.24) is 9.21 Å². The minimum absolute atomic E-state index is 0.111. The summed E-state index contributed by atoms with van der Waals surface area (Å²) in [6.45, 7) is 3.52. The van der Waals surface area contributed by atoms with E-state index in [4.69, 9.17) is 0 Å². The summed E-state index contributed by atoms with van der Waals surface area (Å²) >= 11 is 0. The number of unbranched alkanes of at least 4 members (excludes halogenated alkanes) is 1. The van der Waals surface area contributed by atoms with Crippen molar-refractivity contribution in [3.05, 3.63) is 23.8 Å². The van der Waals surface area contributed by atoms with E-state index in [0.29, 0.717) is 37.2 Å². The van der Waals surface area contributed by atoms with E-state index in [1.54, 1.807) is 17.0 Å². The Balaban J connectivity index is 1.64. The summed E-state index contributed by atoms with van der Waals surface area (Å²) in [6.07, 6.45) is 3.31. The maximum atomic E-state index is 12.9. The number of sulfonamides is 1. The van der Waals surface area contributed by atoms with Gasteiger partial charge >= 0.3 is 0 Å². The molecule has 1 saturated heterocycles. The van der Waals surface area contributed by atoms with Crippen molar-refractivity contribution in [2.45, 2.75) is 43.9 Å². The van der Waals surface area contributed by atoms with Crippen LogP contribution >= 0.6 is 0 Å². The summed E-state index contributed by atoms with van der Waals surface area (Å²) in [6, 6.07) is 4.76. The van der Waals surface area contributed by atoms with Gasteiger partial charge in [0.25, 0.3) is 0 Å². The number of fused-ring (bicyclic) bond motifs is 1. The van der Waals surface area contributed by atoms with Gasteiger partial charge in [0.05, 0.1) is 11.3 Å². The van der Waals surface area contributed by atoms with Crippen LogP contribution in [0.25, 0.3) is 0 Å². The predicted octanol–water partition coefficient (Wildman–Crippen LogP) is 1.84. The molecule has 2 aliphatic rings. The molecular weight excluding hydrogens is 366 g/mol. The average Bonchev–Trinajstić information content (AvgIpc) is 3.04. The van der Waals surface area contributed by atoms with Gasteiger partial charge in [-0.1, -0.05) is 13.3 Å². The number of piperidine rings is 1. The lowest BCUT2D eigenvalue weighted by Crippen LogP contribution is -2.43. The minimum atomic E-state index is -3.62. The lowest BCUT2D eigenvalue weighted by molar-refractivity contribution is -0.135. The third-order valence-corrected chi connectivity index (χ3v) is 7.26. The third-order valence-electron chi connectivity index (χ3n) is 5.37. The molecule has 0 atom stereocenters. The van der Waals surface area contributed by atoms with Crippen molar-refractivity contribution >= 4 is 27.5 Å². The highest BCUT2D eigenvalue weighted by Gasteiger charge is 2.33. The molecule has 0 unspecified atom stereocenters. The van der Waals surface area contributed by atoms with Gasteiger partial charge in [0.15, 0.2) is 0 Å². The highest BCUT2D eigenvalue weighted by molar-refractivity contribution is 7.89. The lowest BCUT2D eigenvalue weighted by atomic mass is 9.96. The molecule has 0 saturated carbocycles. The molecule has 0 radical (unpaired) electrons. The SMILES string of the molecule is CCCCN(C)C(=O)C1CCN(S(=O)(=O)c2ccc3c(c2)CC(=O)N3)CC1. The number of hydrogen-bond acceptors (Lipinski definition) is 4. The zero-order valence-electron chi connectivity index (χ0n) is 15.9. The lowest BCUT2D eigenvalue weighted by Gasteiger charge is -2.32. The van der Waals surface area contributed by atoms with Gasteiger partial charge in [-0.3, -0.25) is 9.59 Å². The number of carbonyl (C=O) groups excluding carboxylic acids is 2. The van der Waals surface area contributed by atoms with E-state index in [2.05, 4.69) is 12.2 Å². The monoisotopic (exact) mass is 393 g/mol. The molecule has 7 nitrogen and oxygen atoms in total. The highest BCUT2D eigenvalue weighted by atomic mass is 32.2. The van der Waals surface area contributed by atoms with E-state index >= 15 is 0 Å². The number of nitrogens with zero attached hydrogens (tertiary/aromatic N) is 2. The molecule has 8 heteroatoms. The largest absolute Gasteiger partial charge is 0.346 e. The Hall–Kier alpha value is -1.93. The number of amides is 2. The van der Waals surface area contributed by atoms with Crippen LogP contribution in [-0.4, -0.2) is 56.1 Å². The second kappa shape index (κ2) is 7.98. The molecule has 1 aromatic carbocycles. The molecule has 2 heterocycles. The number of carbonyl (C=O) groups is 2. The van der Waals surface area contributed by atoms with Crippen molar-refractivity contribution in [1.29, 1.82) is 0 Å². The molecule has 2 amide bonds. The summed E-state index contributed by atoms with van der Waals surface area (Å²) in [4.78, 5) is 26.0. The number of hydrogen-bond donors (Lipinski definition) is 1. The predicted molar refractivity (Wildman–Crippen MR) is 103 cm³/mol. The minimum Gasteiger partial charge on any atom is -0.346 e. The van der Waals surface area contributed by atoms with Crippen LogP contribution in [0.2, 0.25) is 0 Å². The van der Waals surface area contributed by atoms with Crippen molar-refractivity contribution in [2.24, 2.45) is 5.92 Å². The molecule has 0 bridgehead atoms. The second-order valence-electron chi connectivity index (χ2n) is 7.34. The number of anilines is 1. The smallest absolute Gasteiger partial charge is 0.243 e. The third kappa shape index (κ3) is 4.16. The zero-order chi connectivity index (χ0) is 19.6. The number of rotatable bonds is 6. The standard InChI is InChI=1S/C19H27N3O4S/c1-3-4-9-21(2)19(24)14-7-10-22(11-8-14)27(25,26)16-5-6-17-15(12-16)13-18(23)20-17/h5-6,12,14H,3-4,7-11,13H2,1-2H3,(H,20,23). The first kappa shape index (κ1) is 19.8. The maximum absolute atomic E-state index is 12.9. The topological polar surface area (TPSA) is 86.8 Å². The molecule has 0 aromatic heterocycles. The first-order valence-corrected chi connectivity index (χ1v) is 10.9. The fraction of sp³-hybridized carbons (Fsp3) is 0.579.